The summed E-state index contributed by atoms with van der Waals surface area (Å²) in [7, 11) is 0. The average Bonchev–Trinajstić information content (AvgIpc) is 2.34. The van der Waals surface area contributed by atoms with Crippen molar-refractivity contribution in [3.05, 3.63) is 29.3 Å². The maximum atomic E-state index is 11.6. The van der Waals surface area contributed by atoms with E-state index in [0.29, 0.717) is 23.1 Å². The fourth-order valence-electron chi connectivity index (χ4n) is 1.97. The van der Waals surface area contributed by atoms with Gasteiger partial charge in [0.2, 0.25) is 0 Å². The van der Waals surface area contributed by atoms with Crippen LogP contribution in [0.5, 0.6) is 5.75 Å². The van der Waals surface area contributed by atoms with E-state index in [0.717, 1.165) is 0 Å². The summed E-state index contributed by atoms with van der Waals surface area (Å²) in [5.41, 5.74) is -0.899. The van der Waals surface area contributed by atoms with Crippen molar-refractivity contribution in [2.24, 2.45) is 5.92 Å². The number of benzene rings is 1. The molecule has 112 valence electrons. The van der Waals surface area contributed by atoms with Gasteiger partial charge in [-0.1, -0.05) is 25.4 Å². The Morgan fingerprint density at radius 1 is 1.40 bits per heavy atom. The maximum absolute atomic E-state index is 11.6. The first-order valence-corrected chi connectivity index (χ1v) is 7.04. The largest absolute Gasteiger partial charge is 0.484 e. The molecule has 1 rings (SSSR count). The Bertz CT molecular complexity index is 429. The van der Waals surface area contributed by atoms with E-state index < -0.39 is 5.60 Å². The van der Waals surface area contributed by atoms with Crippen molar-refractivity contribution in [2.45, 2.75) is 32.8 Å². The molecule has 0 aromatic heterocycles. The van der Waals surface area contributed by atoms with Crippen molar-refractivity contribution < 1.29 is 14.6 Å². The van der Waals surface area contributed by atoms with E-state index in [1.165, 1.54) is 0 Å². The van der Waals surface area contributed by atoms with Crippen LogP contribution in [-0.4, -0.2) is 29.8 Å². The molecule has 1 unspecified atom stereocenters. The highest BCUT2D eigenvalue weighted by Gasteiger charge is 2.22. The average molecular weight is 300 g/mol. The topological polar surface area (TPSA) is 58.6 Å². The number of halogens is 1. The van der Waals surface area contributed by atoms with Crippen LogP contribution in [0.25, 0.3) is 0 Å². The summed E-state index contributed by atoms with van der Waals surface area (Å²) in [5.74, 6) is 0.690. The van der Waals surface area contributed by atoms with Gasteiger partial charge in [-0.2, -0.15) is 0 Å². The van der Waals surface area contributed by atoms with Crippen LogP contribution < -0.4 is 10.1 Å². The first-order chi connectivity index (χ1) is 9.28. The zero-order valence-electron chi connectivity index (χ0n) is 12.1. The number of hydrogen-bond acceptors (Lipinski definition) is 3. The van der Waals surface area contributed by atoms with Gasteiger partial charge in [-0.25, -0.2) is 0 Å². The third-order valence-corrected chi connectivity index (χ3v) is 2.95. The number of nitrogens with one attached hydrogen (secondary N) is 1. The number of rotatable bonds is 7. The van der Waals surface area contributed by atoms with Crippen molar-refractivity contribution in [1.29, 1.82) is 0 Å². The second-order valence-electron chi connectivity index (χ2n) is 5.61. The molecular weight excluding hydrogens is 278 g/mol. The number of hydrogen-bond donors (Lipinski definition) is 2. The molecule has 0 aliphatic heterocycles. The van der Waals surface area contributed by atoms with Crippen molar-refractivity contribution in [3.63, 3.8) is 0 Å². The normalized spacial score (nSPS) is 13.9. The van der Waals surface area contributed by atoms with Gasteiger partial charge in [0.05, 0.1) is 5.60 Å². The number of amides is 1. The van der Waals surface area contributed by atoms with Crippen molar-refractivity contribution >= 4 is 17.5 Å². The van der Waals surface area contributed by atoms with Gasteiger partial charge >= 0.3 is 0 Å². The molecule has 1 aromatic carbocycles. The molecule has 0 fully saturated rings. The first-order valence-electron chi connectivity index (χ1n) is 6.66. The molecule has 1 atom stereocenters. The second kappa shape index (κ2) is 7.50. The van der Waals surface area contributed by atoms with E-state index in [-0.39, 0.29) is 19.1 Å². The zero-order chi connectivity index (χ0) is 15.2. The van der Waals surface area contributed by atoms with Crippen LogP contribution >= 0.6 is 11.6 Å². The molecule has 0 aliphatic rings. The van der Waals surface area contributed by atoms with Crippen molar-refractivity contribution in [2.75, 3.05) is 13.2 Å². The molecule has 0 saturated carbocycles. The first kappa shape index (κ1) is 16.8. The lowest BCUT2D eigenvalue weighted by Gasteiger charge is -2.25. The van der Waals surface area contributed by atoms with Crippen molar-refractivity contribution in [3.8, 4) is 5.75 Å². The van der Waals surface area contributed by atoms with Crippen LogP contribution in [0.2, 0.25) is 5.02 Å². The van der Waals surface area contributed by atoms with E-state index in [2.05, 4.69) is 5.32 Å². The molecule has 2 N–H and O–H groups in total. The minimum absolute atomic E-state index is 0.0839. The van der Waals surface area contributed by atoms with Crippen LogP contribution in [0.15, 0.2) is 24.3 Å². The van der Waals surface area contributed by atoms with Crippen LogP contribution in [0.4, 0.5) is 0 Å². The molecule has 0 radical (unpaired) electrons. The molecule has 0 aliphatic carbocycles. The minimum Gasteiger partial charge on any atom is -0.484 e. The minimum atomic E-state index is -0.899. The SMILES string of the molecule is CC(C)CC(C)(O)CNC(=O)COc1ccc(Cl)cc1. The highest BCUT2D eigenvalue weighted by molar-refractivity contribution is 6.30. The van der Waals surface area contributed by atoms with Crippen LogP contribution in [0.1, 0.15) is 27.2 Å². The highest BCUT2D eigenvalue weighted by atomic mass is 35.5. The Morgan fingerprint density at radius 2 is 2.00 bits per heavy atom. The molecule has 4 nitrogen and oxygen atoms in total. The molecule has 1 amide bonds. The number of carbonyl (C=O) groups excluding carboxylic acids is 1. The molecule has 0 saturated heterocycles. The van der Waals surface area contributed by atoms with E-state index >= 15 is 0 Å². The van der Waals surface area contributed by atoms with Gasteiger partial charge in [-0.15, -0.1) is 0 Å². The van der Waals surface area contributed by atoms with Crippen LogP contribution in [0.3, 0.4) is 0 Å². The lowest BCUT2D eigenvalue weighted by Crippen LogP contribution is -2.43. The van der Waals surface area contributed by atoms with Crippen molar-refractivity contribution in [1.82, 2.24) is 5.32 Å². The van der Waals surface area contributed by atoms with Crippen LogP contribution in [0, 0.1) is 5.92 Å². The smallest absolute Gasteiger partial charge is 0.258 e. The number of aliphatic hydroxyl groups is 1. The Morgan fingerprint density at radius 3 is 2.55 bits per heavy atom. The van der Waals surface area contributed by atoms with Gasteiger partial charge in [0.25, 0.3) is 5.91 Å². The summed E-state index contributed by atoms with van der Waals surface area (Å²) in [6.07, 6.45) is 0.630. The molecular formula is C15H22ClNO3. The lowest BCUT2D eigenvalue weighted by atomic mass is 9.94. The Kier molecular flexibility index (Phi) is 6.30. The lowest BCUT2D eigenvalue weighted by molar-refractivity contribution is -0.124. The third-order valence-electron chi connectivity index (χ3n) is 2.70. The van der Waals surface area contributed by atoms with Gasteiger partial charge in [-0.05, 0) is 43.5 Å². The summed E-state index contributed by atoms with van der Waals surface area (Å²) in [5, 5.41) is 13.4. The molecule has 0 spiro atoms. The third kappa shape index (κ3) is 6.78. The zero-order valence-corrected chi connectivity index (χ0v) is 12.9. The second-order valence-corrected chi connectivity index (χ2v) is 6.05. The van der Waals surface area contributed by atoms with E-state index in [4.69, 9.17) is 16.3 Å². The van der Waals surface area contributed by atoms with E-state index in [1.54, 1.807) is 31.2 Å². The molecule has 0 heterocycles. The fourth-order valence-corrected chi connectivity index (χ4v) is 2.10. The molecule has 0 bridgehead atoms. The quantitative estimate of drug-likeness (QED) is 0.814. The van der Waals surface area contributed by atoms with E-state index in [9.17, 15) is 9.90 Å². The Hall–Kier alpha value is -1.26. The Labute approximate surface area is 125 Å². The highest BCUT2D eigenvalue weighted by Crippen LogP contribution is 2.16. The number of carbonyl (C=O) groups is 1. The summed E-state index contributed by atoms with van der Waals surface area (Å²) in [6, 6.07) is 6.79. The summed E-state index contributed by atoms with van der Waals surface area (Å²) >= 11 is 5.75. The molecule has 5 heteroatoms. The molecule has 20 heavy (non-hydrogen) atoms. The standard InChI is InChI=1S/C15H22ClNO3/c1-11(2)8-15(3,19)10-17-14(18)9-20-13-6-4-12(16)5-7-13/h4-7,11,19H,8-10H2,1-3H3,(H,17,18). The maximum Gasteiger partial charge on any atom is 0.258 e. The Balaban J connectivity index is 2.32. The van der Waals surface area contributed by atoms with Gasteiger partial charge in [0, 0.05) is 11.6 Å². The van der Waals surface area contributed by atoms with Gasteiger partial charge in [-0.3, -0.25) is 4.79 Å². The predicted octanol–water partition coefficient (Wildman–Crippen LogP) is 2.63. The van der Waals surface area contributed by atoms with Gasteiger partial charge < -0.3 is 15.2 Å². The van der Waals surface area contributed by atoms with Crippen LogP contribution in [-0.2, 0) is 4.79 Å². The predicted molar refractivity (Wildman–Crippen MR) is 80.0 cm³/mol. The number of ether oxygens (including phenoxy) is 1. The van der Waals surface area contributed by atoms with Gasteiger partial charge in [0.15, 0.2) is 6.61 Å². The summed E-state index contributed by atoms with van der Waals surface area (Å²) < 4.78 is 5.32. The summed E-state index contributed by atoms with van der Waals surface area (Å²) in [6.45, 7) is 5.90. The monoisotopic (exact) mass is 299 g/mol. The summed E-state index contributed by atoms with van der Waals surface area (Å²) in [4.78, 5) is 11.6. The van der Waals surface area contributed by atoms with Gasteiger partial charge in [0.1, 0.15) is 5.75 Å². The molecule has 1 aromatic rings. The van der Waals surface area contributed by atoms with E-state index in [1.807, 2.05) is 13.8 Å². The fraction of sp³-hybridized carbons (Fsp3) is 0.533.